The molecule has 6 heterocycles. The maximum atomic E-state index is 2.61. The summed E-state index contributed by atoms with van der Waals surface area (Å²) in [5.74, 6) is 0. The van der Waals surface area contributed by atoms with Crippen LogP contribution in [0.4, 0.5) is 0 Å². The van der Waals surface area contributed by atoms with Crippen LogP contribution >= 0.6 is 0 Å². The fraction of sp³-hybridized carbons (Fsp3) is 0.0455. The van der Waals surface area contributed by atoms with Crippen molar-refractivity contribution >= 4 is 89.8 Å². The Labute approximate surface area is 278 Å². The van der Waals surface area contributed by atoms with E-state index in [0.29, 0.717) is 0 Å². The number of hydrogen-bond donors (Lipinski definition) is 0. The van der Waals surface area contributed by atoms with Crippen LogP contribution in [0.1, 0.15) is 22.3 Å². The molecule has 0 spiro atoms. The average molecular weight is 604 g/mol. The van der Waals surface area contributed by atoms with Crippen molar-refractivity contribution in [1.29, 1.82) is 0 Å². The maximum absolute atomic E-state index is 2.61. The molecule has 218 valence electrons. The van der Waals surface area contributed by atoms with Crippen LogP contribution in [-0.2, 0) is 12.8 Å². The summed E-state index contributed by atoms with van der Waals surface area (Å²) < 4.78 is 5.22. The monoisotopic (exact) mass is 604 g/mol. The molecule has 4 aliphatic heterocycles. The third kappa shape index (κ3) is 2.68. The summed E-state index contributed by atoms with van der Waals surface area (Å²) in [5, 5.41) is 5.40. The zero-order valence-electron chi connectivity index (χ0n) is 26.2. The molecule has 0 unspecified atom stereocenters. The summed E-state index contributed by atoms with van der Waals surface area (Å²) in [6.07, 6.45) is 1.98. The number of nitrogens with zero attached hydrogens (tertiary/aromatic N) is 2. The summed E-state index contributed by atoms with van der Waals surface area (Å²) in [5.41, 5.74) is 22.6. The van der Waals surface area contributed by atoms with Gasteiger partial charge in [0.25, 0.3) is 0 Å². The Hall–Kier alpha value is -5.73. The Morgan fingerprint density at radius 3 is 1.73 bits per heavy atom. The molecule has 9 aromatic rings. The number of rotatable bonds is 0. The molecule has 2 nitrogen and oxygen atoms in total. The van der Waals surface area contributed by atoms with E-state index in [9.17, 15) is 0 Å². The van der Waals surface area contributed by atoms with Gasteiger partial charge in [0.1, 0.15) is 0 Å². The van der Waals surface area contributed by atoms with Gasteiger partial charge in [-0.05, 0) is 81.2 Å². The quantitative estimate of drug-likeness (QED) is 0.207. The van der Waals surface area contributed by atoms with Crippen molar-refractivity contribution in [3.63, 3.8) is 0 Å². The first kappa shape index (κ1) is 24.4. The lowest BCUT2D eigenvalue weighted by molar-refractivity contribution is 1.14. The highest BCUT2D eigenvalue weighted by molar-refractivity contribution is 6.99. The van der Waals surface area contributed by atoms with E-state index in [1.807, 2.05) is 0 Å². The Bertz CT molecular complexity index is 2980. The molecule has 0 fully saturated rings. The number of benzene rings is 7. The SMILES string of the molecule is c1ccc2c(c1)Cc1cccc3c1B2c1cccc2c4cc5c6ccc7c8c6n(c5cc4n-3c12)-c1ccccc1B8c1ccccc1C7. The van der Waals surface area contributed by atoms with Gasteiger partial charge in [0.2, 0.25) is 13.4 Å². The Morgan fingerprint density at radius 1 is 0.375 bits per heavy atom. The summed E-state index contributed by atoms with van der Waals surface area (Å²) in [7, 11) is 0. The normalized spacial score (nSPS) is 14.4. The summed E-state index contributed by atoms with van der Waals surface area (Å²) in [6, 6.07) is 51.3. The number of fused-ring (bicyclic) bond motifs is 15. The highest BCUT2D eigenvalue weighted by atomic mass is 15.0. The average Bonchev–Trinajstić information content (AvgIpc) is 3.64. The van der Waals surface area contributed by atoms with Gasteiger partial charge in [-0.25, -0.2) is 0 Å². The smallest absolute Gasteiger partial charge is 0.247 e. The van der Waals surface area contributed by atoms with Crippen molar-refractivity contribution in [2.75, 3.05) is 0 Å². The minimum Gasteiger partial charge on any atom is -0.310 e. The second kappa shape index (κ2) is 8.21. The molecular weight excluding hydrogens is 578 g/mol. The van der Waals surface area contributed by atoms with Crippen LogP contribution in [0.25, 0.3) is 55.0 Å². The molecule has 0 saturated heterocycles. The lowest BCUT2D eigenvalue weighted by Gasteiger charge is -2.33. The molecule has 7 aromatic carbocycles. The van der Waals surface area contributed by atoms with E-state index < -0.39 is 0 Å². The van der Waals surface area contributed by atoms with Gasteiger partial charge in [0.05, 0.1) is 11.0 Å². The van der Waals surface area contributed by atoms with Crippen molar-refractivity contribution in [3.05, 3.63) is 156 Å². The molecule has 0 radical (unpaired) electrons. The number of para-hydroxylation sites is 2. The molecular formula is C44H26B2N2. The molecule has 4 aliphatic rings. The van der Waals surface area contributed by atoms with Gasteiger partial charge in [-0.3, -0.25) is 0 Å². The third-order valence-corrected chi connectivity index (χ3v) is 12.3. The topological polar surface area (TPSA) is 9.86 Å². The zero-order valence-corrected chi connectivity index (χ0v) is 26.2. The summed E-state index contributed by atoms with van der Waals surface area (Å²) >= 11 is 0. The molecule has 0 N–H and O–H groups in total. The second-order valence-electron chi connectivity index (χ2n) is 14.4. The van der Waals surface area contributed by atoms with Gasteiger partial charge in [-0.15, -0.1) is 0 Å². The Balaban J connectivity index is 1.20. The van der Waals surface area contributed by atoms with Crippen LogP contribution in [0, 0.1) is 0 Å². The van der Waals surface area contributed by atoms with E-state index in [0.717, 1.165) is 12.8 Å². The second-order valence-corrected chi connectivity index (χ2v) is 14.4. The van der Waals surface area contributed by atoms with Gasteiger partial charge >= 0.3 is 0 Å². The molecule has 48 heavy (non-hydrogen) atoms. The van der Waals surface area contributed by atoms with Gasteiger partial charge in [-0.2, -0.15) is 0 Å². The minimum atomic E-state index is 0.259. The van der Waals surface area contributed by atoms with Gasteiger partial charge in [-0.1, -0.05) is 120 Å². The van der Waals surface area contributed by atoms with Crippen molar-refractivity contribution in [2.45, 2.75) is 12.8 Å². The predicted octanol–water partition coefficient (Wildman–Crippen LogP) is 5.35. The summed E-state index contributed by atoms with van der Waals surface area (Å²) in [6.45, 7) is 0.518. The molecule has 0 aliphatic carbocycles. The first-order valence-corrected chi connectivity index (χ1v) is 17.3. The summed E-state index contributed by atoms with van der Waals surface area (Å²) in [4.78, 5) is 0. The lowest BCUT2D eigenvalue weighted by atomic mass is 9.32. The Morgan fingerprint density at radius 2 is 0.938 bits per heavy atom. The highest BCUT2D eigenvalue weighted by Crippen LogP contribution is 2.41. The van der Waals surface area contributed by atoms with Crippen LogP contribution in [0.15, 0.2) is 133 Å². The number of aromatic nitrogens is 2. The van der Waals surface area contributed by atoms with E-state index in [4.69, 9.17) is 0 Å². The van der Waals surface area contributed by atoms with E-state index >= 15 is 0 Å². The molecule has 0 bridgehead atoms. The Kier molecular flexibility index (Phi) is 4.18. The maximum Gasteiger partial charge on any atom is 0.247 e. The van der Waals surface area contributed by atoms with Crippen LogP contribution < -0.4 is 32.8 Å². The number of hydrogen-bond acceptors (Lipinski definition) is 0. The van der Waals surface area contributed by atoms with Crippen LogP contribution in [0.5, 0.6) is 0 Å². The van der Waals surface area contributed by atoms with E-state index in [2.05, 4.69) is 143 Å². The van der Waals surface area contributed by atoms with E-state index in [1.165, 1.54) is 110 Å². The zero-order chi connectivity index (χ0) is 30.8. The van der Waals surface area contributed by atoms with Gasteiger partial charge < -0.3 is 9.13 Å². The fourth-order valence-corrected chi connectivity index (χ4v) is 10.5. The highest BCUT2D eigenvalue weighted by Gasteiger charge is 2.41. The van der Waals surface area contributed by atoms with Crippen LogP contribution in [-0.4, -0.2) is 22.6 Å². The van der Waals surface area contributed by atoms with Crippen LogP contribution in [0.2, 0.25) is 0 Å². The van der Waals surface area contributed by atoms with Gasteiger partial charge in [0.15, 0.2) is 0 Å². The predicted molar refractivity (Wildman–Crippen MR) is 203 cm³/mol. The fourth-order valence-electron chi connectivity index (χ4n) is 10.5. The molecule has 0 atom stereocenters. The molecule has 13 rings (SSSR count). The van der Waals surface area contributed by atoms with Crippen LogP contribution in [0.3, 0.4) is 0 Å². The van der Waals surface area contributed by atoms with Crippen molar-refractivity contribution in [1.82, 2.24) is 9.13 Å². The van der Waals surface area contributed by atoms with E-state index in [1.54, 1.807) is 0 Å². The van der Waals surface area contributed by atoms with Gasteiger partial charge in [0, 0.05) is 44.0 Å². The van der Waals surface area contributed by atoms with Crippen molar-refractivity contribution in [3.8, 4) is 11.4 Å². The van der Waals surface area contributed by atoms with Crippen molar-refractivity contribution in [2.24, 2.45) is 0 Å². The lowest BCUT2D eigenvalue weighted by Crippen LogP contribution is -2.60. The first-order chi connectivity index (χ1) is 23.8. The van der Waals surface area contributed by atoms with E-state index in [-0.39, 0.29) is 13.4 Å². The molecule has 0 saturated carbocycles. The van der Waals surface area contributed by atoms with Crippen molar-refractivity contribution < 1.29 is 0 Å². The standard InChI is InChI=1S/C44H26B2N2/c1-3-13-33-26(10-1)22-28-19-20-30-32-23-31-29-12-8-16-36-43(29)48(38-18-7-11-27-21-25-9-2-4-14-34(25)46(36)41(27)38)40(31)24-39(32)47-37-17-6-5-15-35(37)45(33)42(28)44(30)47/h1-20,23-24H,21-22H2. The largest absolute Gasteiger partial charge is 0.310 e. The molecule has 4 heteroatoms. The molecule has 0 amide bonds. The third-order valence-electron chi connectivity index (χ3n) is 12.3. The molecule has 2 aromatic heterocycles. The minimum absolute atomic E-state index is 0.259. The first-order valence-electron chi connectivity index (χ1n) is 17.3.